The van der Waals surface area contributed by atoms with Crippen LogP contribution in [0.1, 0.15) is 26.7 Å². The molecular weight excluding hydrogens is 308 g/mol. The van der Waals surface area contributed by atoms with E-state index in [4.69, 9.17) is 10.5 Å². The van der Waals surface area contributed by atoms with Crippen molar-refractivity contribution in [2.24, 2.45) is 11.7 Å². The standard InChI is InChI=1S/C17H26N4O3/c1-11(2)15(18)16(22)20-12-5-7-13(8-6-12)21-17(23)19-10-14-4-3-9-24-14/h5-8,11,14-15H,3-4,9-10,18H2,1-2H3,(H,20,22)(H2,19,21,23)/t14?,15-/m0/s1. The van der Waals surface area contributed by atoms with Crippen molar-refractivity contribution in [1.82, 2.24) is 5.32 Å². The second-order valence-electron chi connectivity index (χ2n) is 6.31. The molecule has 1 fully saturated rings. The van der Waals surface area contributed by atoms with Gasteiger partial charge in [-0.3, -0.25) is 4.79 Å². The largest absolute Gasteiger partial charge is 0.376 e. The number of urea groups is 1. The van der Waals surface area contributed by atoms with E-state index >= 15 is 0 Å². The minimum Gasteiger partial charge on any atom is -0.376 e. The van der Waals surface area contributed by atoms with Crippen LogP contribution in [0.15, 0.2) is 24.3 Å². The number of rotatable bonds is 6. The molecule has 0 aliphatic carbocycles. The van der Waals surface area contributed by atoms with E-state index in [9.17, 15) is 9.59 Å². The van der Waals surface area contributed by atoms with Crippen LogP contribution in [0.3, 0.4) is 0 Å². The van der Waals surface area contributed by atoms with Crippen LogP contribution in [0.25, 0.3) is 0 Å². The number of amides is 3. The highest BCUT2D eigenvalue weighted by atomic mass is 16.5. The predicted molar refractivity (Wildman–Crippen MR) is 93.9 cm³/mol. The quantitative estimate of drug-likeness (QED) is 0.637. The number of nitrogens with one attached hydrogen (secondary N) is 3. The summed E-state index contributed by atoms with van der Waals surface area (Å²) in [4.78, 5) is 23.7. The highest BCUT2D eigenvalue weighted by Gasteiger charge is 2.17. The molecule has 1 aliphatic rings. The van der Waals surface area contributed by atoms with Gasteiger partial charge in [0.15, 0.2) is 0 Å². The van der Waals surface area contributed by atoms with Crippen molar-refractivity contribution in [2.45, 2.75) is 38.8 Å². The van der Waals surface area contributed by atoms with Crippen LogP contribution in [-0.2, 0) is 9.53 Å². The first-order valence-electron chi connectivity index (χ1n) is 8.28. The third-order valence-corrected chi connectivity index (χ3v) is 3.95. The zero-order valence-electron chi connectivity index (χ0n) is 14.2. The molecule has 1 saturated heterocycles. The van der Waals surface area contributed by atoms with E-state index in [-0.39, 0.29) is 24.0 Å². The minimum absolute atomic E-state index is 0.0680. The fourth-order valence-corrected chi connectivity index (χ4v) is 2.35. The first kappa shape index (κ1) is 18.2. The molecule has 1 aromatic rings. The van der Waals surface area contributed by atoms with E-state index in [1.807, 2.05) is 13.8 Å². The van der Waals surface area contributed by atoms with Crippen molar-refractivity contribution in [3.8, 4) is 0 Å². The molecule has 1 aromatic carbocycles. The number of hydrogen-bond acceptors (Lipinski definition) is 4. The van der Waals surface area contributed by atoms with Gasteiger partial charge in [0.25, 0.3) is 0 Å². The Labute approximate surface area is 142 Å². The fraction of sp³-hybridized carbons (Fsp3) is 0.529. The lowest BCUT2D eigenvalue weighted by Crippen LogP contribution is -2.39. The molecule has 7 nitrogen and oxygen atoms in total. The number of carbonyl (C=O) groups is 2. The van der Waals surface area contributed by atoms with Gasteiger partial charge in [0.2, 0.25) is 5.91 Å². The molecule has 2 rings (SSSR count). The monoisotopic (exact) mass is 334 g/mol. The third-order valence-electron chi connectivity index (χ3n) is 3.95. The lowest BCUT2D eigenvalue weighted by Gasteiger charge is -2.15. The molecule has 1 unspecified atom stereocenters. The maximum atomic E-state index is 11.9. The summed E-state index contributed by atoms with van der Waals surface area (Å²) in [5.74, 6) is -0.154. The minimum atomic E-state index is -0.550. The molecule has 5 N–H and O–H groups in total. The molecule has 132 valence electrons. The maximum absolute atomic E-state index is 11.9. The molecule has 7 heteroatoms. The van der Waals surface area contributed by atoms with Gasteiger partial charge in [0.1, 0.15) is 0 Å². The SMILES string of the molecule is CC(C)[C@H](N)C(=O)Nc1ccc(NC(=O)NCC2CCCO2)cc1. The second-order valence-corrected chi connectivity index (χ2v) is 6.31. The number of anilines is 2. The van der Waals surface area contributed by atoms with E-state index in [1.54, 1.807) is 24.3 Å². The molecule has 24 heavy (non-hydrogen) atoms. The summed E-state index contributed by atoms with van der Waals surface area (Å²) in [6.45, 7) is 5.06. The van der Waals surface area contributed by atoms with Crippen molar-refractivity contribution in [3.63, 3.8) is 0 Å². The van der Waals surface area contributed by atoms with Gasteiger partial charge in [-0.25, -0.2) is 4.79 Å². The Balaban J connectivity index is 1.78. The predicted octanol–water partition coefficient (Wildman–Crippen LogP) is 1.91. The van der Waals surface area contributed by atoms with Gasteiger partial charge in [0.05, 0.1) is 12.1 Å². The van der Waals surface area contributed by atoms with E-state index < -0.39 is 6.04 Å². The van der Waals surface area contributed by atoms with E-state index in [1.165, 1.54) is 0 Å². The maximum Gasteiger partial charge on any atom is 0.319 e. The third kappa shape index (κ3) is 5.50. The van der Waals surface area contributed by atoms with Crippen LogP contribution in [0, 0.1) is 5.92 Å². The molecule has 0 aromatic heterocycles. The Hall–Kier alpha value is -2.12. The lowest BCUT2D eigenvalue weighted by molar-refractivity contribution is -0.118. The van der Waals surface area contributed by atoms with Crippen molar-refractivity contribution >= 4 is 23.3 Å². The van der Waals surface area contributed by atoms with Crippen LogP contribution in [-0.4, -0.2) is 37.2 Å². The number of ether oxygens (including phenoxy) is 1. The first-order valence-corrected chi connectivity index (χ1v) is 8.28. The summed E-state index contributed by atoms with van der Waals surface area (Å²) in [6, 6.07) is 6.07. The van der Waals surface area contributed by atoms with Crippen molar-refractivity contribution in [1.29, 1.82) is 0 Å². The average molecular weight is 334 g/mol. The fourth-order valence-electron chi connectivity index (χ4n) is 2.35. The molecular formula is C17H26N4O3. The number of benzene rings is 1. The zero-order valence-corrected chi connectivity index (χ0v) is 14.2. The van der Waals surface area contributed by atoms with Gasteiger partial charge in [-0.15, -0.1) is 0 Å². The summed E-state index contributed by atoms with van der Waals surface area (Å²) in [7, 11) is 0. The van der Waals surface area contributed by atoms with Gasteiger partial charge in [-0.2, -0.15) is 0 Å². The summed E-state index contributed by atoms with van der Waals surface area (Å²) < 4.78 is 5.45. The van der Waals surface area contributed by atoms with Crippen molar-refractivity contribution < 1.29 is 14.3 Å². The van der Waals surface area contributed by atoms with E-state index in [0.29, 0.717) is 17.9 Å². The zero-order chi connectivity index (χ0) is 17.5. The highest BCUT2D eigenvalue weighted by Crippen LogP contribution is 2.15. The van der Waals surface area contributed by atoms with Crippen LogP contribution < -0.4 is 21.7 Å². The molecule has 1 aliphatic heterocycles. The summed E-state index contributed by atoms with van der Waals surface area (Å²) in [6.07, 6.45) is 2.13. The highest BCUT2D eigenvalue weighted by molar-refractivity contribution is 5.95. The Kier molecular flexibility index (Phi) is 6.57. The van der Waals surface area contributed by atoms with E-state index in [2.05, 4.69) is 16.0 Å². The normalized spacial score (nSPS) is 18.2. The topological polar surface area (TPSA) is 105 Å². The van der Waals surface area contributed by atoms with Crippen LogP contribution >= 0.6 is 0 Å². The number of nitrogens with two attached hydrogens (primary N) is 1. The number of carbonyl (C=O) groups excluding carboxylic acids is 2. The van der Waals surface area contributed by atoms with Crippen LogP contribution in [0.4, 0.5) is 16.2 Å². The Morgan fingerprint density at radius 1 is 1.21 bits per heavy atom. The Morgan fingerprint density at radius 3 is 2.38 bits per heavy atom. The van der Waals surface area contributed by atoms with Crippen molar-refractivity contribution in [3.05, 3.63) is 24.3 Å². The molecule has 0 saturated carbocycles. The Bertz CT molecular complexity index is 553. The van der Waals surface area contributed by atoms with Gasteiger partial charge in [-0.05, 0) is 43.0 Å². The van der Waals surface area contributed by atoms with Crippen LogP contribution in [0.5, 0.6) is 0 Å². The molecule has 1 heterocycles. The van der Waals surface area contributed by atoms with Crippen molar-refractivity contribution in [2.75, 3.05) is 23.8 Å². The molecule has 0 spiro atoms. The molecule has 0 radical (unpaired) electrons. The molecule has 0 bridgehead atoms. The summed E-state index contributed by atoms with van der Waals surface area (Å²) >= 11 is 0. The van der Waals surface area contributed by atoms with Gasteiger partial charge >= 0.3 is 6.03 Å². The molecule has 3 amide bonds. The summed E-state index contributed by atoms with van der Waals surface area (Å²) in [5.41, 5.74) is 7.09. The summed E-state index contributed by atoms with van der Waals surface area (Å²) in [5, 5.41) is 8.29. The second kappa shape index (κ2) is 8.65. The first-order chi connectivity index (χ1) is 11.5. The number of hydrogen-bond donors (Lipinski definition) is 4. The van der Waals surface area contributed by atoms with Gasteiger partial charge in [0, 0.05) is 24.5 Å². The Morgan fingerprint density at radius 2 is 1.83 bits per heavy atom. The van der Waals surface area contributed by atoms with E-state index in [0.717, 1.165) is 19.4 Å². The smallest absolute Gasteiger partial charge is 0.319 e. The van der Waals surface area contributed by atoms with Crippen LogP contribution in [0.2, 0.25) is 0 Å². The lowest BCUT2D eigenvalue weighted by atomic mass is 10.0. The molecule has 2 atom stereocenters. The van der Waals surface area contributed by atoms with Gasteiger partial charge in [-0.1, -0.05) is 13.8 Å². The average Bonchev–Trinajstić information content (AvgIpc) is 3.07. The van der Waals surface area contributed by atoms with Gasteiger partial charge < -0.3 is 26.4 Å².